The summed E-state index contributed by atoms with van der Waals surface area (Å²) in [5, 5.41) is 7.44. The summed E-state index contributed by atoms with van der Waals surface area (Å²) in [6.07, 6.45) is 0.820. The Morgan fingerprint density at radius 1 is 1.25 bits per heavy atom. The Morgan fingerprint density at radius 3 is 2.83 bits per heavy atom. The third kappa shape index (κ3) is 2.97. The van der Waals surface area contributed by atoms with E-state index in [2.05, 4.69) is 28.3 Å². The Kier molecular flexibility index (Phi) is 3.90. The highest BCUT2D eigenvalue weighted by atomic mass is 32.1. The highest BCUT2D eigenvalue weighted by Crippen LogP contribution is 2.19. The minimum atomic E-state index is 0.0106. The Bertz CT molecular complexity index is 868. The summed E-state index contributed by atoms with van der Waals surface area (Å²) in [6.45, 7) is 3.92. The number of benzene rings is 1. The van der Waals surface area contributed by atoms with Crippen LogP contribution in [-0.2, 0) is 19.5 Å². The standard InChI is InChI=1S/C18H18N4OS/c1-13-19-17(12-24-13)18(23)21-7-8-22-16(11-21)10-15(20-22)9-14-5-3-2-4-6-14/h2-6,10,12H,7-9,11H2,1H3. The Morgan fingerprint density at radius 2 is 2.08 bits per heavy atom. The number of rotatable bonds is 3. The number of thiazole rings is 1. The van der Waals surface area contributed by atoms with Crippen molar-refractivity contribution >= 4 is 17.2 Å². The Balaban J connectivity index is 1.50. The minimum Gasteiger partial charge on any atom is -0.330 e. The van der Waals surface area contributed by atoms with E-state index in [4.69, 9.17) is 0 Å². The molecule has 1 amide bonds. The van der Waals surface area contributed by atoms with Gasteiger partial charge in [0.2, 0.25) is 0 Å². The summed E-state index contributed by atoms with van der Waals surface area (Å²) in [5.74, 6) is 0.0106. The third-order valence-electron chi connectivity index (χ3n) is 4.20. The zero-order chi connectivity index (χ0) is 16.5. The molecular formula is C18H18N4OS. The molecular weight excluding hydrogens is 320 g/mol. The van der Waals surface area contributed by atoms with E-state index in [-0.39, 0.29) is 5.91 Å². The molecule has 3 heterocycles. The average Bonchev–Trinajstić information content (AvgIpc) is 3.20. The van der Waals surface area contributed by atoms with Crippen molar-refractivity contribution in [3.8, 4) is 0 Å². The molecule has 0 fully saturated rings. The molecule has 0 aliphatic carbocycles. The van der Waals surface area contributed by atoms with Crippen molar-refractivity contribution in [2.45, 2.75) is 26.4 Å². The molecule has 1 aliphatic heterocycles. The first-order chi connectivity index (χ1) is 11.7. The van der Waals surface area contributed by atoms with Gasteiger partial charge in [-0.25, -0.2) is 4.98 Å². The monoisotopic (exact) mass is 338 g/mol. The lowest BCUT2D eigenvalue weighted by atomic mass is 10.1. The van der Waals surface area contributed by atoms with Crippen LogP contribution in [0.1, 0.15) is 32.4 Å². The van der Waals surface area contributed by atoms with Crippen LogP contribution in [0.3, 0.4) is 0 Å². The zero-order valence-electron chi connectivity index (χ0n) is 13.5. The van der Waals surface area contributed by atoms with Crippen LogP contribution < -0.4 is 0 Å². The predicted molar refractivity (Wildman–Crippen MR) is 93.1 cm³/mol. The molecule has 0 saturated carbocycles. The van der Waals surface area contributed by atoms with E-state index >= 15 is 0 Å². The number of hydrogen-bond acceptors (Lipinski definition) is 4. The number of amides is 1. The van der Waals surface area contributed by atoms with Crippen LogP contribution in [0.25, 0.3) is 0 Å². The van der Waals surface area contributed by atoms with Crippen LogP contribution in [0.15, 0.2) is 41.8 Å². The highest BCUT2D eigenvalue weighted by molar-refractivity contribution is 7.09. The van der Waals surface area contributed by atoms with Gasteiger partial charge in [-0.2, -0.15) is 5.10 Å². The normalized spacial score (nSPS) is 13.8. The molecule has 122 valence electrons. The van der Waals surface area contributed by atoms with E-state index < -0.39 is 0 Å². The van der Waals surface area contributed by atoms with Gasteiger partial charge in [-0.1, -0.05) is 30.3 Å². The maximum atomic E-state index is 12.6. The van der Waals surface area contributed by atoms with Gasteiger partial charge in [0.1, 0.15) is 5.69 Å². The summed E-state index contributed by atoms with van der Waals surface area (Å²) in [7, 11) is 0. The molecule has 4 rings (SSSR count). The van der Waals surface area contributed by atoms with E-state index in [1.165, 1.54) is 16.9 Å². The van der Waals surface area contributed by atoms with Crippen LogP contribution in [0.5, 0.6) is 0 Å². The summed E-state index contributed by atoms with van der Waals surface area (Å²) < 4.78 is 2.02. The molecule has 0 atom stereocenters. The molecule has 5 nitrogen and oxygen atoms in total. The van der Waals surface area contributed by atoms with E-state index in [1.807, 2.05) is 40.1 Å². The molecule has 0 radical (unpaired) electrons. The largest absolute Gasteiger partial charge is 0.330 e. The summed E-state index contributed by atoms with van der Waals surface area (Å²) in [5.41, 5.74) is 3.94. The number of carbonyl (C=O) groups excluding carboxylic acids is 1. The van der Waals surface area contributed by atoms with E-state index in [0.29, 0.717) is 18.8 Å². The summed E-state index contributed by atoms with van der Waals surface area (Å²) >= 11 is 1.51. The van der Waals surface area contributed by atoms with Crippen LogP contribution in [-0.4, -0.2) is 32.1 Å². The molecule has 0 spiro atoms. The van der Waals surface area contributed by atoms with Crippen LogP contribution in [0.2, 0.25) is 0 Å². The third-order valence-corrected chi connectivity index (χ3v) is 4.98. The van der Waals surface area contributed by atoms with Crippen molar-refractivity contribution in [2.24, 2.45) is 0 Å². The summed E-state index contributed by atoms with van der Waals surface area (Å²) in [6, 6.07) is 12.4. The van der Waals surface area contributed by atoms with Gasteiger partial charge >= 0.3 is 0 Å². The van der Waals surface area contributed by atoms with Gasteiger partial charge in [-0.05, 0) is 18.6 Å². The van der Waals surface area contributed by atoms with Gasteiger partial charge in [0.15, 0.2) is 0 Å². The molecule has 2 aromatic heterocycles. The molecule has 1 aliphatic rings. The zero-order valence-corrected chi connectivity index (χ0v) is 14.3. The Hall–Kier alpha value is -2.47. The second-order valence-corrected chi connectivity index (χ2v) is 7.05. The second-order valence-electron chi connectivity index (χ2n) is 5.99. The van der Waals surface area contributed by atoms with Crippen LogP contribution in [0, 0.1) is 6.92 Å². The molecule has 0 bridgehead atoms. The molecule has 0 unspecified atom stereocenters. The lowest BCUT2D eigenvalue weighted by molar-refractivity contribution is 0.0701. The average molecular weight is 338 g/mol. The maximum Gasteiger partial charge on any atom is 0.273 e. The van der Waals surface area contributed by atoms with E-state index in [9.17, 15) is 4.79 Å². The first-order valence-corrected chi connectivity index (χ1v) is 8.88. The van der Waals surface area contributed by atoms with E-state index in [1.54, 1.807) is 0 Å². The number of hydrogen-bond donors (Lipinski definition) is 0. The van der Waals surface area contributed by atoms with Crippen molar-refractivity contribution < 1.29 is 4.79 Å². The molecule has 0 saturated heterocycles. The van der Waals surface area contributed by atoms with Gasteiger partial charge in [0.05, 0.1) is 29.5 Å². The first kappa shape index (κ1) is 15.1. The van der Waals surface area contributed by atoms with Gasteiger partial charge in [-0.3, -0.25) is 9.48 Å². The number of carbonyl (C=O) groups is 1. The molecule has 24 heavy (non-hydrogen) atoms. The van der Waals surface area contributed by atoms with E-state index in [0.717, 1.165) is 29.4 Å². The quantitative estimate of drug-likeness (QED) is 0.738. The van der Waals surface area contributed by atoms with Crippen molar-refractivity contribution in [1.29, 1.82) is 0 Å². The lowest BCUT2D eigenvalue weighted by Crippen LogP contribution is -2.38. The molecule has 3 aromatic rings. The molecule has 1 aromatic carbocycles. The maximum absolute atomic E-state index is 12.6. The smallest absolute Gasteiger partial charge is 0.273 e. The van der Waals surface area contributed by atoms with Crippen LogP contribution in [0.4, 0.5) is 0 Å². The van der Waals surface area contributed by atoms with Gasteiger partial charge < -0.3 is 4.90 Å². The highest BCUT2D eigenvalue weighted by Gasteiger charge is 2.24. The van der Waals surface area contributed by atoms with Crippen molar-refractivity contribution in [3.63, 3.8) is 0 Å². The van der Waals surface area contributed by atoms with Crippen molar-refractivity contribution in [2.75, 3.05) is 6.54 Å². The van der Waals surface area contributed by atoms with Crippen LogP contribution >= 0.6 is 11.3 Å². The minimum absolute atomic E-state index is 0.0106. The summed E-state index contributed by atoms with van der Waals surface area (Å²) in [4.78, 5) is 18.7. The van der Waals surface area contributed by atoms with Gasteiger partial charge in [-0.15, -0.1) is 11.3 Å². The molecule has 0 N–H and O–H groups in total. The topological polar surface area (TPSA) is 51.0 Å². The fourth-order valence-electron chi connectivity index (χ4n) is 3.01. The van der Waals surface area contributed by atoms with Gasteiger partial charge in [0, 0.05) is 18.3 Å². The fraction of sp³-hybridized carbons (Fsp3) is 0.278. The second kappa shape index (κ2) is 6.20. The number of nitrogens with zero attached hydrogens (tertiary/aromatic N) is 4. The predicted octanol–water partition coefficient (Wildman–Crippen LogP) is 2.89. The van der Waals surface area contributed by atoms with Crippen molar-refractivity contribution in [3.05, 3.63) is 69.4 Å². The fourth-order valence-corrected chi connectivity index (χ4v) is 3.60. The molecule has 6 heteroatoms. The number of aromatic nitrogens is 3. The number of fused-ring (bicyclic) bond motifs is 1. The van der Waals surface area contributed by atoms with Crippen molar-refractivity contribution in [1.82, 2.24) is 19.7 Å². The first-order valence-electron chi connectivity index (χ1n) is 8.00. The number of aryl methyl sites for hydroxylation is 1. The SMILES string of the molecule is Cc1nc(C(=O)N2CCn3nc(Cc4ccccc4)cc3C2)cs1. The Labute approximate surface area is 144 Å². The van der Waals surface area contributed by atoms with Gasteiger partial charge in [0.25, 0.3) is 5.91 Å². The lowest BCUT2D eigenvalue weighted by Gasteiger charge is -2.27.